The minimum Gasteiger partial charge on any atom is -0.331 e. The summed E-state index contributed by atoms with van der Waals surface area (Å²) in [6, 6.07) is 53.7. The molecule has 2 atom stereocenters. The number of hydrogen-bond donors (Lipinski definition) is 0. The summed E-state index contributed by atoms with van der Waals surface area (Å²) in [5.74, 6) is 0. The fourth-order valence-corrected chi connectivity index (χ4v) is 9.13. The molecular weight excluding hydrogens is 565 g/mol. The Morgan fingerprint density at radius 2 is 0.956 bits per heavy atom. The van der Waals surface area contributed by atoms with Gasteiger partial charge < -0.3 is 9.80 Å². The van der Waals surface area contributed by atoms with E-state index in [0.29, 0.717) is 0 Å². The van der Waals surface area contributed by atoms with Gasteiger partial charge in [0.15, 0.2) is 0 Å². The van der Waals surface area contributed by atoms with E-state index in [0.717, 1.165) is 0 Å². The second-order valence-corrected chi connectivity index (χ2v) is 13.1. The van der Waals surface area contributed by atoms with E-state index in [1.165, 1.54) is 76.3 Å². The minimum absolute atomic E-state index is 0.131. The lowest BCUT2D eigenvalue weighted by Crippen LogP contribution is -2.46. The van der Waals surface area contributed by atoms with Gasteiger partial charge in [-0.2, -0.15) is 0 Å². The molecule has 0 bridgehead atoms. The molecule has 0 spiro atoms. The van der Waals surface area contributed by atoms with Crippen LogP contribution in [0.3, 0.4) is 0 Å². The molecule has 2 nitrogen and oxygen atoms in total. The molecule has 0 saturated heterocycles. The molecule has 1 aliphatic carbocycles. The van der Waals surface area contributed by atoms with E-state index in [1.807, 2.05) is 11.3 Å². The van der Waals surface area contributed by atoms with Crippen molar-refractivity contribution in [3.8, 4) is 11.1 Å². The minimum atomic E-state index is 0.131. The summed E-state index contributed by atoms with van der Waals surface area (Å²) in [6.45, 7) is 0. The van der Waals surface area contributed by atoms with E-state index in [1.54, 1.807) is 0 Å². The number of nitrogens with zero attached hydrogens (tertiary/aromatic N) is 2. The third kappa shape index (κ3) is 3.56. The van der Waals surface area contributed by atoms with Gasteiger partial charge >= 0.3 is 0 Å². The molecule has 3 aliphatic rings. The van der Waals surface area contributed by atoms with Crippen LogP contribution >= 0.6 is 11.3 Å². The second kappa shape index (κ2) is 9.56. The molecule has 0 saturated carbocycles. The number of benzene rings is 6. The van der Waals surface area contributed by atoms with E-state index < -0.39 is 0 Å². The first-order valence-electron chi connectivity index (χ1n) is 15.6. The zero-order valence-electron chi connectivity index (χ0n) is 24.5. The van der Waals surface area contributed by atoms with Crippen molar-refractivity contribution in [2.24, 2.45) is 0 Å². The van der Waals surface area contributed by atoms with Crippen LogP contribution in [-0.4, -0.2) is 12.1 Å². The summed E-state index contributed by atoms with van der Waals surface area (Å²) >= 11 is 1.89. The molecule has 2 unspecified atom stereocenters. The van der Waals surface area contributed by atoms with Crippen LogP contribution in [0.5, 0.6) is 0 Å². The highest BCUT2D eigenvalue weighted by Gasteiger charge is 2.49. The predicted octanol–water partition coefficient (Wildman–Crippen LogP) is 11.2. The topological polar surface area (TPSA) is 6.48 Å². The van der Waals surface area contributed by atoms with E-state index in [9.17, 15) is 0 Å². The summed E-state index contributed by atoms with van der Waals surface area (Å²) < 4.78 is 2.69. The van der Waals surface area contributed by atoms with Crippen molar-refractivity contribution >= 4 is 65.4 Å². The third-order valence-corrected chi connectivity index (χ3v) is 11.0. The Labute approximate surface area is 266 Å². The molecular formula is C42H28N2S. The third-order valence-electron chi connectivity index (χ3n) is 9.78. The Bertz CT molecular complexity index is 2340. The first-order chi connectivity index (χ1) is 22.3. The van der Waals surface area contributed by atoms with Crippen molar-refractivity contribution in [1.29, 1.82) is 0 Å². The Morgan fingerprint density at radius 1 is 0.422 bits per heavy atom. The maximum absolute atomic E-state index is 2.59. The van der Waals surface area contributed by atoms with Crippen molar-refractivity contribution in [2.75, 3.05) is 9.80 Å². The van der Waals surface area contributed by atoms with Gasteiger partial charge in [-0.05, 0) is 64.7 Å². The van der Waals surface area contributed by atoms with Crippen LogP contribution in [0.4, 0.5) is 22.7 Å². The van der Waals surface area contributed by atoms with Gasteiger partial charge in [0.1, 0.15) is 0 Å². The summed E-state index contributed by atoms with van der Waals surface area (Å²) in [5, 5.41) is 2.68. The lowest BCUT2D eigenvalue weighted by atomic mass is 9.85. The van der Waals surface area contributed by atoms with Gasteiger partial charge in [-0.1, -0.05) is 115 Å². The molecule has 0 N–H and O–H groups in total. The van der Waals surface area contributed by atoms with E-state index >= 15 is 0 Å². The highest BCUT2D eigenvalue weighted by atomic mass is 32.1. The van der Waals surface area contributed by atoms with Crippen LogP contribution in [0.15, 0.2) is 158 Å². The number of rotatable bonds is 3. The van der Waals surface area contributed by atoms with Crippen LogP contribution < -0.4 is 9.80 Å². The average Bonchev–Trinajstić information content (AvgIpc) is 3.77. The van der Waals surface area contributed by atoms with E-state index in [-0.39, 0.29) is 12.1 Å². The quantitative estimate of drug-likeness (QED) is 0.201. The zero-order valence-corrected chi connectivity index (χ0v) is 25.3. The molecule has 0 radical (unpaired) electrons. The zero-order chi connectivity index (χ0) is 29.5. The maximum atomic E-state index is 2.59. The first-order valence-corrected chi connectivity index (χ1v) is 16.4. The van der Waals surface area contributed by atoms with Crippen molar-refractivity contribution in [3.05, 3.63) is 169 Å². The van der Waals surface area contributed by atoms with Crippen LogP contribution in [0.25, 0.3) is 42.4 Å². The van der Waals surface area contributed by atoms with Gasteiger partial charge in [0.2, 0.25) is 0 Å². The lowest BCUT2D eigenvalue weighted by molar-refractivity contribution is 0.718. The molecule has 10 rings (SSSR count). The summed E-state index contributed by atoms with van der Waals surface area (Å²) in [5.41, 5.74) is 12.9. The van der Waals surface area contributed by atoms with Gasteiger partial charge in [-0.25, -0.2) is 0 Å². The van der Waals surface area contributed by atoms with Crippen molar-refractivity contribution in [2.45, 2.75) is 12.1 Å². The molecule has 1 aromatic heterocycles. The fraction of sp³-hybridized carbons (Fsp3) is 0.0476. The molecule has 2 aliphatic heterocycles. The van der Waals surface area contributed by atoms with Crippen LogP contribution in [0.2, 0.25) is 0 Å². The van der Waals surface area contributed by atoms with E-state index in [2.05, 4.69) is 168 Å². The van der Waals surface area contributed by atoms with Gasteiger partial charge in [0.05, 0.1) is 12.1 Å². The van der Waals surface area contributed by atoms with Gasteiger partial charge in [0.25, 0.3) is 0 Å². The van der Waals surface area contributed by atoms with Crippen LogP contribution in [0.1, 0.15) is 11.1 Å². The summed E-state index contributed by atoms with van der Waals surface area (Å²) in [6.07, 6.45) is 4.74. The predicted molar refractivity (Wildman–Crippen MR) is 192 cm³/mol. The standard InChI is InChI=1S/C42H28N2S/c1-2-11-28(12-3-1)43-37-18-7-4-13-31(37)34-25-26-35-32-14-5-8-19-38(32)44(41(35)40(34)43)29-23-21-27(22-24-29)30-16-10-17-36-33-15-6-9-20-39(33)45-42(30)36/h1-26,40-41H. The number of hydrogen-bond acceptors (Lipinski definition) is 3. The van der Waals surface area contributed by atoms with Gasteiger partial charge in [0, 0.05) is 54.0 Å². The van der Waals surface area contributed by atoms with Crippen LogP contribution in [-0.2, 0) is 0 Å². The SMILES string of the molecule is C1=C2c3ccccc3N(c3ccccc3)C2C2C(=C1)c1ccccc1N2c1ccc(-c2cccc3c2sc2ccccc23)cc1. The molecule has 45 heavy (non-hydrogen) atoms. The summed E-state index contributed by atoms with van der Waals surface area (Å²) in [4.78, 5) is 5.15. The second-order valence-electron chi connectivity index (χ2n) is 12.1. The Morgan fingerprint density at radius 3 is 1.64 bits per heavy atom. The van der Waals surface area contributed by atoms with Crippen LogP contribution in [0, 0.1) is 0 Å². The molecule has 6 aromatic carbocycles. The number of anilines is 4. The lowest BCUT2D eigenvalue weighted by Gasteiger charge is -2.40. The first kappa shape index (κ1) is 25.0. The highest BCUT2D eigenvalue weighted by molar-refractivity contribution is 7.26. The fourth-order valence-electron chi connectivity index (χ4n) is 7.90. The maximum Gasteiger partial charge on any atom is 0.0847 e. The smallest absolute Gasteiger partial charge is 0.0847 e. The molecule has 0 fully saturated rings. The van der Waals surface area contributed by atoms with Crippen molar-refractivity contribution in [3.63, 3.8) is 0 Å². The largest absolute Gasteiger partial charge is 0.331 e. The van der Waals surface area contributed by atoms with Crippen molar-refractivity contribution in [1.82, 2.24) is 0 Å². The molecule has 3 heterocycles. The molecule has 0 amide bonds. The van der Waals surface area contributed by atoms with Gasteiger partial charge in [-0.15, -0.1) is 11.3 Å². The molecule has 212 valence electrons. The highest BCUT2D eigenvalue weighted by Crippen LogP contribution is 2.56. The summed E-state index contributed by atoms with van der Waals surface area (Å²) in [7, 11) is 0. The Balaban J connectivity index is 1.12. The van der Waals surface area contributed by atoms with E-state index in [4.69, 9.17) is 0 Å². The Kier molecular flexibility index (Phi) is 5.31. The number of thiophene rings is 1. The molecule has 3 heteroatoms. The average molecular weight is 593 g/mol. The van der Waals surface area contributed by atoms with Crippen molar-refractivity contribution < 1.29 is 0 Å². The Hall–Kier alpha value is -5.38. The monoisotopic (exact) mass is 592 g/mol. The normalized spacial score (nSPS) is 18.0. The molecule has 7 aromatic rings. The van der Waals surface area contributed by atoms with Gasteiger partial charge in [-0.3, -0.25) is 0 Å². The number of allylic oxidation sites excluding steroid dienone is 2. The number of para-hydroxylation sites is 3. The number of fused-ring (bicyclic) bond motifs is 10.